The van der Waals surface area contributed by atoms with Crippen molar-refractivity contribution in [2.75, 3.05) is 0 Å². The minimum atomic E-state index is -4.64. The van der Waals surface area contributed by atoms with Crippen LogP contribution in [0, 0.1) is 0 Å². The molecule has 0 aromatic carbocycles. The zero-order valence-corrected chi connectivity index (χ0v) is 12.1. The van der Waals surface area contributed by atoms with Gasteiger partial charge in [-0.3, -0.25) is 0 Å². The SMILES string of the molecule is O.O.O=P(O)(O)O.[Ca+2].[Fe].[H-].[H-].[H-].[H-].[Mg+2].[Mn]. The third-order valence-corrected chi connectivity index (χ3v) is 0. The molecule has 0 heterocycles. The van der Waals surface area contributed by atoms with Crippen molar-refractivity contribution in [3.8, 4) is 0 Å². The zero-order chi connectivity index (χ0) is 4.50. The maximum atomic E-state index is 8.88. The molecule has 0 aliphatic heterocycles. The van der Waals surface area contributed by atoms with E-state index in [2.05, 4.69) is 0 Å². The quantitative estimate of drug-likeness (QED) is 0.326. The van der Waals surface area contributed by atoms with E-state index in [4.69, 9.17) is 19.2 Å². The molecule has 0 fully saturated rings. The van der Waals surface area contributed by atoms with Gasteiger partial charge in [-0.1, -0.05) is 0 Å². The minimum Gasteiger partial charge on any atom is -1.00 e. The van der Waals surface area contributed by atoms with Gasteiger partial charge in [0.25, 0.3) is 0 Å². The molecule has 0 aliphatic rings. The Bertz CT molecular complexity index is 81.3. The Morgan fingerprint density at radius 3 is 1.09 bits per heavy atom. The third-order valence-electron chi connectivity index (χ3n) is 0. The molecule has 0 unspecified atom stereocenters. The Morgan fingerprint density at radius 1 is 1.09 bits per heavy atom. The Kier molecular flexibility index (Phi) is 101. The second-order valence-electron chi connectivity index (χ2n) is 0.513. The summed E-state index contributed by atoms with van der Waals surface area (Å²) in [4.78, 5) is 21.6. The molecule has 1 radical (unpaired) electrons. The standard InChI is InChI=1S/Ca.Fe.Mg.Mn.H3O4P.2H2O.4H/c;;;;1-5(2,3)4;;;;;;/h;;;;(H3,1,2,3,4);2*1H2;;;;/q+2;;+2;;;;;4*-1. The van der Waals surface area contributed by atoms with Gasteiger partial charge in [0.05, 0.1) is 0 Å². The molecule has 0 rings (SSSR count). The number of phosphoric acid groups is 1. The van der Waals surface area contributed by atoms with Crippen LogP contribution in [0.3, 0.4) is 0 Å². The molecule has 0 aliphatic carbocycles. The van der Waals surface area contributed by atoms with Crippen LogP contribution in [0.25, 0.3) is 0 Å². The van der Waals surface area contributed by atoms with Crippen LogP contribution in [0.1, 0.15) is 5.71 Å². The van der Waals surface area contributed by atoms with Crippen molar-refractivity contribution in [1.29, 1.82) is 0 Å². The predicted octanol–water partition coefficient (Wildman–Crippen LogP) is -2.89. The minimum absolute atomic E-state index is 0. The first-order chi connectivity index (χ1) is 2.00. The largest absolute Gasteiger partial charge is 2.00 e. The molecule has 6 nitrogen and oxygen atoms in total. The number of hydrogen-bond acceptors (Lipinski definition) is 1. The molecular weight excluding hydrogens is 302 g/mol. The summed E-state index contributed by atoms with van der Waals surface area (Å²) < 4.78 is 8.88. The fourth-order valence-electron chi connectivity index (χ4n) is 0. The molecule has 0 atom stereocenters. The van der Waals surface area contributed by atoms with Gasteiger partial charge < -0.3 is 31.3 Å². The van der Waals surface area contributed by atoms with Gasteiger partial charge in [0.1, 0.15) is 0 Å². The smallest absolute Gasteiger partial charge is 1.00 e. The normalized spacial score (nSPS) is 5.36. The van der Waals surface area contributed by atoms with Crippen LogP contribution >= 0.6 is 7.82 Å². The summed E-state index contributed by atoms with van der Waals surface area (Å²) in [5.41, 5.74) is 0. The van der Waals surface area contributed by atoms with Gasteiger partial charge in [0, 0.05) is 34.1 Å². The topological polar surface area (TPSA) is 141 Å². The van der Waals surface area contributed by atoms with E-state index < -0.39 is 7.82 Å². The van der Waals surface area contributed by atoms with Crippen molar-refractivity contribution in [3.63, 3.8) is 0 Å². The summed E-state index contributed by atoms with van der Waals surface area (Å²) in [5, 5.41) is 0. The molecule has 11 heteroatoms. The van der Waals surface area contributed by atoms with Gasteiger partial charge in [-0.05, 0) is 0 Å². The molecule has 7 N–H and O–H groups in total. The van der Waals surface area contributed by atoms with Gasteiger partial charge in [-0.2, -0.15) is 0 Å². The van der Waals surface area contributed by atoms with Crippen LogP contribution in [0.5, 0.6) is 0 Å². The van der Waals surface area contributed by atoms with E-state index in [1.165, 1.54) is 0 Å². The molecule has 0 saturated heterocycles. The van der Waals surface area contributed by atoms with Crippen LogP contribution in [0.4, 0.5) is 0 Å². The average Bonchev–Trinajstić information content (AvgIpc) is 0.722. The van der Waals surface area contributed by atoms with Crippen molar-refractivity contribution in [2.45, 2.75) is 0 Å². The van der Waals surface area contributed by atoms with Crippen molar-refractivity contribution in [1.82, 2.24) is 0 Å². The van der Waals surface area contributed by atoms with Crippen LogP contribution in [-0.2, 0) is 38.7 Å². The van der Waals surface area contributed by atoms with Crippen molar-refractivity contribution < 1.29 is 70.0 Å². The van der Waals surface area contributed by atoms with Crippen molar-refractivity contribution >= 4 is 68.6 Å². The van der Waals surface area contributed by atoms with Gasteiger partial charge >= 0.3 is 68.6 Å². The Labute approximate surface area is 137 Å². The van der Waals surface area contributed by atoms with Crippen molar-refractivity contribution in [2.24, 2.45) is 0 Å². The Balaban J connectivity index is -0.00000000178. The first-order valence-electron chi connectivity index (χ1n) is 0.783. The molecule has 11 heavy (non-hydrogen) atoms. The van der Waals surface area contributed by atoms with Crippen LogP contribution < -0.4 is 0 Å². The second kappa shape index (κ2) is 23.2. The summed E-state index contributed by atoms with van der Waals surface area (Å²) >= 11 is 0. The van der Waals surface area contributed by atoms with Gasteiger partial charge in [0.2, 0.25) is 0 Å². The molecule has 0 aromatic heterocycles. The second-order valence-corrected chi connectivity index (χ2v) is 1.54. The van der Waals surface area contributed by atoms with Gasteiger partial charge in [0.15, 0.2) is 0 Å². The maximum Gasteiger partial charge on any atom is 2.00 e. The number of rotatable bonds is 0. The van der Waals surface area contributed by atoms with E-state index in [1.807, 2.05) is 0 Å². The van der Waals surface area contributed by atoms with Gasteiger partial charge in [-0.15, -0.1) is 0 Å². The first kappa shape index (κ1) is 48.0. The third kappa shape index (κ3) is 168. The first-order valence-corrected chi connectivity index (χ1v) is 2.35. The van der Waals surface area contributed by atoms with E-state index in [-0.39, 0.29) is 112 Å². The molecule has 0 bridgehead atoms. The summed E-state index contributed by atoms with van der Waals surface area (Å²) in [6.45, 7) is 0. The van der Waals surface area contributed by atoms with Crippen LogP contribution in [0.2, 0.25) is 0 Å². The summed E-state index contributed by atoms with van der Waals surface area (Å²) in [7, 11) is -4.64. The van der Waals surface area contributed by atoms with Crippen LogP contribution in [-0.4, -0.2) is 86.4 Å². The van der Waals surface area contributed by atoms with Gasteiger partial charge in [-0.25, -0.2) is 4.57 Å². The Morgan fingerprint density at radius 2 is 1.09 bits per heavy atom. The summed E-state index contributed by atoms with van der Waals surface area (Å²) in [6.07, 6.45) is 0. The monoisotopic (exact) mass is 313 g/mol. The number of hydrogen-bond donors (Lipinski definition) is 3. The maximum absolute atomic E-state index is 8.88. The van der Waals surface area contributed by atoms with E-state index in [1.54, 1.807) is 0 Å². The van der Waals surface area contributed by atoms with Crippen molar-refractivity contribution in [3.05, 3.63) is 0 Å². The fourth-order valence-corrected chi connectivity index (χ4v) is 0. The Hall–Kier alpha value is 3.09. The van der Waals surface area contributed by atoms with E-state index in [0.29, 0.717) is 0 Å². The molecule has 0 saturated carbocycles. The molecule has 71 valence electrons. The predicted molar refractivity (Wildman–Crippen MR) is 37.4 cm³/mol. The molecule has 0 amide bonds. The van der Waals surface area contributed by atoms with E-state index in [0.717, 1.165) is 0 Å². The van der Waals surface area contributed by atoms with E-state index in [9.17, 15) is 0 Å². The average molecular weight is 313 g/mol. The molecule has 0 aromatic rings. The zero-order valence-electron chi connectivity index (χ0n) is 9.34. The molecular formula is H11CaFeMgMnO6P. The molecule has 0 spiro atoms. The van der Waals surface area contributed by atoms with E-state index >= 15 is 0 Å². The fraction of sp³-hybridized carbons (Fsp3) is 0. The van der Waals surface area contributed by atoms with Crippen LogP contribution in [0.15, 0.2) is 0 Å². The summed E-state index contributed by atoms with van der Waals surface area (Å²) in [5.74, 6) is 0. The summed E-state index contributed by atoms with van der Waals surface area (Å²) in [6, 6.07) is 0.